The van der Waals surface area contributed by atoms with Gasteiger partial charge < -0.3 is 42.6 Å². The molecule has 2 fully saturated rings. The second-order valence-corrected chi connectivity index (χ2v) is 9.64. The average Bonchev–Trinajstić information content (AvgIpc) is 2.83. The molecule has 0 unspecified atom stereocenters. The number of carbonyl (C=O) groups is 6. The first-order chi connectivity index (χ1) is 19.1. The van der Waals surface area contributed by atoms with Crippen molar-refractivity contribution in [3.05, 3.63) is 0 Å². The van der Waals surface area contributed by atoms with Crippen LogP contribution in [0.25, 0.3) is 0 Å². The van der Waals surface area contributed by atoms with Crippen LogP contribution < -0.4 is 0 Å². The molecule has 2 heterocycles. The van der Waals surface area contributed by atoms with E-state index in [2.05, 4.69) is 15.9 Å². The highest BCUT2D eigenvalue weighted by molar-refractivity contribution is 9.09. The summed E-state index contributed by atoms with van der Waals surface area (Å²) in [6, 6.07) is 0. The fourth-order valence-corrected chi connectivity index (χ4v) is 4.77. The van der Waals surface area contributed by atoms with E-state index in [-0.39, 0.29) is 5.33 Å². The van der Waals surface area contributed by atoms with Gasteiger partial charge in [0.15, 0.2) is 36.8 Å². The van der Waals surface area contributed by atoms with Gasteiger partial charge in [-0.3, -0.25) is 28.8 Å². The van der Waals surface area contributed by atoms with Crippen molar-refractivity contribution in [1.82, 2.24) is 0 Å². The van der Waals surface area contributed by atoms with E-state index in [1.165, 1.54) is 0 Å². The Morgan fingerprint density at radius 1 is 0.585 bits per heavy atom. The lowest BCUT2D eigenvalue weighted by atomic mass is 9.96. The number of rotatable bonds is 10. The van der Waals surface area contributed by atoms with E-state index < -0.39 is 104 Å². The maximum Gasteiger partial charge on any atom is 0.303 e. The van der Waals surface area contributed by atoms with E-state index in [4.69, 9.17) is 42.6 Å². The molecule has 2 saturated heterocycles. The molecule has 17 heteroatoms. The Balaban J connectivity index is 2.60. The number of carbonyl (C=O) groups excluding carboxylic acids is 6. The molecule has 0 aromatic heterocycles. The molecule has 2 aliphatic heterocycles. The Bertz CT molecular complexity index is 992. The van der Waals surface area contributed by atoms with Crippen molar-refractivity contribution >= 4 is 51.7 Å². The molecule has 2 aliphatic rings. The van der Waals surface area contributed by atoms with Crippen LogP contribution in [-0.2, 0) is 71.4 Å². The van der Waals surface area contributed by atoms with Gasteiger partial charge >= 0.3 is 35.8 Å². The fraction of sp³-hybridized carbons (Fsp3) is 0.750. The van der Waals surface area contributed by atoms with Crippen molar-refractivity contribution in [3.8, 4) is 0 Å². The molecule has 0 radical (unpaired) electrons. The SMILES string of the molecule is CC(=O)OC[C@H]1O[C@H](F)[C@H](OC(C)=O)[C@@H](OC(C)=O)[C@@H]1O[C@@H]1O[C@H](CBr)[C@@H](OC(C)=O)[C@H](OC(C)=O)[C@H]1OC(C)=O. The minimum absolute atomic E-state index is 0.0105. The molecule has 232 valence electrons. The van der Waals surface area contributed by atoms with Crippen molar-refractivity contribution in [3.63, 3.8) is 0 Å². The van der Waals surface area contributed by atoms with Crippen LogP contribution in [0.3, 0.4) is 0 Å². The molecule has 0 amide bonds. The maximum absolute atomic E-state index is 15.1. The van der Waals surface area contributed by atoms with Gasteiger partial charge in [-0.15, -0.1) is 0 Å². The summed E-state index contributed by atoms with van der Waals surface area (Å²) >= 11 is 3.22. The van der Waals surface area contributed by atoms with E-state index >= 15 is 4.39 Å². The first-order valence-corrected chi connectivity index (χ1v) is 13.4. The minimum Gasteiger partial charge on any atom is -0.463 e. The van der Waals surface area contributed by atoms with Crippen molar-refractivity contribution < 1.29 is 75.8 Å². The van der Waals surface area contributed by atoms with Crippen LogP contribution >= 0.6 is 15.9 Å². The Morgan fingerprint density at radius 2 is 1.02 bits per heavy atom. The number of ether oxygens (including phenoxy) is 9. The summed E-state index contributed by atoms with van der Waals surface area (Å²) in [5.41, 5.74) is 0. The first-order valence-electron chi connectivity index (χ1n) is 12.3. The van der Waals surface area contributed by atoms with Crippen LogP contribution in [0.1, 0.15) is 41.5 Å². The van der Waals surface area contributed by atoms with Gasteiger partial charge in [0.05, 0.1) is 0 Å². The molecule has 15 nitrogen and oxygen atoms in total. The van der Waals surface area contributed by atoms with Crippen LogP contribution in [0.4, 0.5) is 4.39 Å². The van der Waals surface area contributed by atoms with E-state index in [1.807, 2.05) is 0 Å². The standard InChI is InChI=1S/C24H32BrFO15/c1-9(27)33-8-16-18(19(35-11(3)29)21(23(26)39-16)37-13(5)31)41-24-22(38-14(6)32)20(36-12(4)30)17(34-10(2)28)15(7-25)40-24/h15-24H,7-8H2,1-6H3/t15-,16-,17-,18-,19+,20+,21-,22-,23+,24+/m1/s1. The van der Waals surface area contributed by atoms with Gasteiger partial charge in [-0.1, -0.05) is 15.9 Å². The Labute approximate surface area is 242 Å². The van der Waals surface area contributed by atoms with E-state index in [0.717, 1.165) is 41.5 Å². The van der Waals surface area contributed by atoms with Crippen LogP contribution in [0.5, 0.6) is 0 Å². The van der Waals surface area contributed by atoms with Gasteiger partial charge in [0.2, 0.25) is 6.36 Å². The van der Waals surface area contributed by atoms with Gasteiger partial charge in [-0.2, -0.15) is 0 Å². The summed E-state index contributed by atoms with van der Waals surface area (Å²) in [4.78, 5) is 71.2. The number of esters is 6. The molecule has 0 spiro atoms. The highest BCUT2D eigenvalue weighted by atomic mass is 79.9. The van der Waals surface area contributed by atoms with Gasteiger partial charge in [-0.05, 0) is 0 Å². The lowest BCUT2D eigenvalue weighted by molar-refractivity contribution is -0.347. The zero-order valence-electron chi connectivity index (χ0n) is 23.1. The number of hydrogen-bond donors (Lipinski definition) is 0. The summed E-state index contributed by atoms with van der Waals surface area (Å²) in [6.45, 7) is 5.67. The molecular weight excluding hydrogens is 627 g/mol. The summed E-state index contributed by atoms with van der Waals surface area (Å²) < 4.78 is 63.6. The predicted molar refractivity (Wildman–Crippen MR) is 132 cm³/mol. The average molecular weight is 659 g/mol. The largest absolute Gasteiger partial charge is 0.463 e. The smallest absolute Gasteiger partial charge is 0.303 e. The van der Waals surface area contributed by atoms with E-state index in [0.29, 0.717) is 0 Å². The fourth-order valence-electron chi connectivity index (χ4n) is 4.25. The van der Waals surface area contributed by atoms with Crippen molar-refractivity contribution in [1.29, 1.82) is 0 Å². The second kappa shape index (κ2) is 15.4. The summed E-state index contributed by atoms with van der Waals surface area (Å²) in [7, 11) is 0. The third-order valence-corrected chi connectivity index (χ3v) is 6.21. The Hall–Kier alpha value is -2.89. The summed E-state index contributed by atoms with van der Waals surface area (Å²) in [6.07, 6.45) is -16.0. The topological polar surface area (TPSA) is 185 Å². The molecule has 0 bridgehead atoms. The summed E-state index contributed by atoms with van der Waals surface area (Å²) in [5.74, 6) is -5.11. The van der Waals surface area contributed by atoms with Crippen molar-refractivity contribution in [2.24, 2.45) is 0 Å². The van der Waals surface area contributed by atoms with Crippen molar-refractivity contribution in [2.75, 3.05) is 11.9 Å². The third kappa shape index (κ3) is 9.86. The van der Waals surface area contributed by atoms with Crippen LogP contribution in [0.15, 0.2) is 0 Å². The molecule has 0 aromatic carbocycles. The lowest BCUT2D eigenvalue weighted by Crippen LogP contribution is -2.66. The van der Waals surface area contributed by atoms with Crippen LogP contribution in [0.2, 0.25) is 0 Å². The Kier molecular flexibility index (Phi) is 12.9. The molecule has 0 N–H and O–H groups in total. The molecule has 0 aromatic rings. The molecule has 0 aliphatic carbocycles. The first kappa shape index (κ1) is 34.3. The normalized spacial score (nSPS) is 33.1. The minimum atomic E-state index is -2.35. The molecule has 41 heavy (non-hydrogen) atoms. The highest BCUT2D eigenvalue weighted by Gasteiger charge is 2.57. The molecule has 0 saturated carbocycles. The lowest BCUT2D eigenvalue weighted by Gasteiger charge is -2.47. The quantitative estimate of drug-likeness (QED) is 0.178. The van der Waals surface area contributed by atoms with Crippen LogP contribution in [-0.4, -0.2) is 109 Å². The number of hydrogen-bond acceptors (Lipinski definition) is 15. The molecule has 10 atom stereocenters. The second-order valence-electron chi connectivity index (χ2n) is 9.00. The predicted octanol–water partition coefficient (Wildman–Crippen LogP) is 0.407. The molecular formula is C24H32BrFO15. The highest BCUT2D eigenvalue weighted by Crippen LogP contribution is 2.35. The molecule has 2 rings (SSSR count). The zero-order valence-corrected chi connectivity index (χ0v) is 24.7. The van der Waals surface area contributed by atoms with Crippen LogP contribution in [0, 0.1) is 0 Å². The van der Waals surface area contributed by atoms with Gasteiger partial charge in [0, 0.05) is 46.9 Å². The van der Waals surface area contributed by atoms with E-state index in [1.54, 1.807) is 0 Å². The van der Waals surface area contributed by atoms with Crippen molar-refractivity contribution in [2.45, 2.75) is 103 Å². The van der Waals surface area contributed by atoms with Gasteiger partial charge in [-0.25, -0.2) is 4.39 Å². The maximum atomic E-state index is 15.1. The number of halogens is 2. The zero-order chi connectivity index (χ0) is 31.0. The van der Waals surface area contributed by atoms with E-state index in [9.17, 15) is 28.8 Å². The third-order valence-electron chi connectivity index (χ3n) is 5.57. The summed E-state index contributed by atoms with van der Waals surface area (Å²) in [5, 5.41) is -0.0105. The van der Waals surface area contributed by atoms with Gasteiger partial charge in [0.25, 0.3) is 0 Å². The Morgan fingerprint density at radius 3 is 1.49 bits per heavy atom. The van der Waals surface area contributed by atoms with Gasteiger partial charge in [0.1, 0.15) is 24.9 Å². The monoisotopic (exact) mass is 658 g/mol. The number of alkyl halides is 2.